The number of hydrogen-bond acceptors (Lipinski definition) is 8. The maximum absolute atomic E-state index is 12.6. The van der Waals surface area contributed by atoms with Gasteiger partial charge in [-0.1, -0.05) is 122 Å². The van der Waals surface area contributed by atoms with Crippen molar-refractivity contribution in [2.24, 2.45) is 0 Å². The van der Waals surface area contributed by atoms with Crippen LogP contribution in [-0.4, -0.2) is 50.6 Å². The fourth-order valence-corrected chi connectivity index (χ4v) is 5.23. The SMILES string of the molecule is C=C(C)C(=O)OC(COc1ccc(Cl)c(OCC(COc2ccccc2-c2ccccc2)OC(=O)C(=C)C)c1)COc1ccccc1-c1ccccc1. The highest BCUT2D eigenvalue weighted by molar-refractivity contribution is 6.32. The van der Waals surface area contributed by atoms with Gasteiger partial charge in [-0.25, -0.2) is 9.59 Å². The Labute approximate surface area is 315 Å². The summed E-state index contributed by atoms with van der Waals surface area (Å²) in [6, 6.07) is 39.8. The monoisotopic (exact) mass is 732 g/mol. The van der Waals surface area contributed by atoms with E-state index >= 15 is 0 Å². The highest BCUT2D eigenvalue weighted by Crippen LogP contribution is 2.32. The van der Waals surface area contributed by atoms with E-state index in [2.05, 4.69) is 13.2 Å². The van der Waals surface area contributed by atoms with Crippen LogP contribution >= 0.6 is 11.6 Å². The van der Waals surface area contributed by atoms with E-state index in [9.17, 15) is 9.59 Å². The molecule has 0 aliphatic rings. The zero-order chi connectivity index (χ0) is 37.6. The molecule has 0 aromatic heterocycles. The Kier molecular flexibility index (Phi) is 13.7. The number of carbonyl (C=O) groups is 2. The van der Waals surface area contributed by atoms with Crippen LogP contribution in [-0.2, 0) is 19.1 Å². The van der Waals surface area contributed by atoms with Gasteiger partial charge in [0.2, 0.25) is 0 Å². The minimum absolute atomic E-state index is 0.000153. The van der Waals surface area contributed by atoms with Crippen LogP contribution in [0.5, 0.6) is 23.0 Å². The van der Waals surface area contributed by atoms with Crippen molar-refractivity contribution in [3.8, 4) is 45.3 Å². The molecule has 5 aromatic rings. The molecular formula is C44H41ClO8. The lowest BCUT2D eigenvalue weighted by atomic mass is 10.1. The number of ether oxygens (including phenoxy) is 6. The average molecular weight is 733 g/mol. The summed E-state index contributed by atoms with van der Waals surface area (Å²) in [6.45, 7) is 10.4. The molecule has 8 nitrogen and oxygen atoms in total. The van der Waals surface area contributed by atoms with Gasteiger partial charge in [0, 0.05) is 28.3 Å². The molecule has 2 unspecified atom stereocenters. The first-order valence-corrected chi connectivity index (χ1v) is 17.4. The number of esters is 2. The lowest BCUT2D eigenvalue weighted by Gasteiger charge is -2.22. The molecule has 0 aliphatic carbocycles. The van der Waals surface area contributed by atoms with E-state index in [4.69, 9.17) is 40.0 Å². The van der Waals surface area contributed by atoms with E-state index < -0.39 is 24.1 Å². The van der Waals surface area contributed by atoms with Crippen molar-refractivity contribution in [1.82, 2.24) is 0 Å². The van der Waals surface area contributed by atoms with Crippen LogP contribution in [0, 0.1) is 0 Å². The van der Waals surface area contributed by atoms with Crippen LogP contribution < -0.4 is 18.9 Å². The average Bonchev–Trinajstić information content (AvgIpc) is 3.18. The van der Waals surface area contributed by atoms with Gasteiger partial charge in [-0.3, -0.25) is 0 Å². The fraction of sp³-hybridized carbons (Fsp3) is 0.182. The minimum Gasteiger partial charge on any atom is -0.489 e. The molecule has 0 bridgehead atoms. The molecule has 0 radical (unpaired) electrons. The van der Waals surface area contributed by atoms with Gasteiger partial charge in [0.15, 0.2) is 12.2 Å². The van der Waals surface area contributed by atoms with Gasteiger partial charge in [0.25, 0.3) is 0 Å². The molecular weight excluding hydrogens is 692 g/mol. The van der Waals surface area contributed by atoms with Crippen LogP contribution in [0.15, 0.2) is 152 Å². The van der Waals surface area contributed by atoms with Crippen LogP contribution in [0.3, 0.4) is 0 Å². The molecule has 53 heavy (non-hydrogen) atoms. The van der Waals surface area contributed by atoms with Gasteiger partial charge in [-0.15, -0.1) is 0 Å². The van der Waals surface area contributed by atoms with Gasteiger partial charge in [-0.05, 0) is 49.2 Å². The van der Waals surface area contributed by atoms with Crippen LogP contribution in [0.1, 0.15) is 13.8 Å². The Morgan fingerprint density at radius 3 is 1.38 bits per heavy atom. The van der Waals surface area contributed by atoms with E-state index in [0.29, 0.717) is 22.3 Å². The van der Waals surface area contributed by atoms with Gasteiger partial charge in [0.05, 0.1) is 5.02 Å². The van der Waals surface area contributed by atoms with Crippen molar-refractivity contribution in [2.75, 3.05) is 26.4 Å². The summed E-state index contributed by atoms with van der Waals surface area (Å²) in [5.41, 5.74) is 4.25. The highest BCUT2D eigenvalue weighted by atomic mass is 35.5. The molecule has 0 heterocycles. The third kappa shape index (κ3) is 11.2. The summed E-state index contributed by atoms with van der Waals surface area (Å²) in [5.74, 6) is 0.792. The quantitative estimate of drug-likeness (QED) is 0.0650. The maximum Gasteiger partial charge on any atom is 0.333 e. The predicted octanol–water partition coefficient (Wildman–Crippen LogP) is 9.57. The number of para-hydroxylation sites is 2. The molecule has 0 spiro atoms. The van der Waals surface area contributed by atoms with Crippen molar-refractivity contribution in [1.29, 1.82) is 0 Å². The Morgan fingerprint density at radius 2 is 0.925 bits per heavy atom. The minimum atomic E-state index is -0.814. The second kappa shape index (κ2) is 19.0. The second-order valence-electron chi connectivity index (χ2n) is 12.2. The molecule has 5 rings (SSSR count). The van der Waals surface area contributed by atoms with Gasteiger partial charge < -0.3 is 28.4 Å². The normalized spacial score (nSPS) is 11.8. The molecule has 5 aromatic carbocycles. The summed E-state index contributed by atoms with van der Waals surface area (Å²) in [5, 5.41) is 0.309. The lowest BCUT2D eigenvalue weighted by Crippen LogP contribution is -2.31. The first kappa shape index (κ1) is 38.2. The van der Waals surface area contributed by atoms with Gasteiger partial charge in [0.1, 0.15) is 49.4 Å². The molecule has 0 saturated heterocycles. The van der Waals surface area contributed by atoms with Crippen molar-refractivity contribution >= 4 is 23.5 Å². The van der Waals surface area contributed by atoms with Crippen molar-refractivity contribution in [3.05, 3.63) is 157 Å². The smallest absolute Gasteiger partial charge is 0.333 e. The summed E-state index contributed by atoms with van der Waals surface area (Å²) in [7, 11) is 0. The highest BCUT2D eigenvalue weighted by Gasteiger charge is 2.21. The van der Waals surface area contributed by atoms with Crippen LogP contribution in [0.4, 0.5) is 0 Å². The summed E-state index contributed by atoms with van der Waals surface area (Å²) >= 11 is 6.51. The zero-order valence-electron chi connectivity index (χ0n) is 29.7. The number of rotatable bonds is 18. The molecule has 0 aliphatic heterocycles. The topological polar surface area (TPSA) is 89.5 Å². The fourth-order valence-electron chi connectivity index (χ4n) is 5.06. The van der Waals surface area contributed by atoms with E-state index in [1.54, 1.807) is 32.0 Å². The Bertz CT molecular complexity index is 2010. The van der Waals surface area contributed by atoms with Crippen LogP contribution in [0.25, 0.3) is 22.3 Å². The van der Waals surface area contributed by atoms with Gasteiger partial charge >= 0.3 is 11.9 Å². The summed E-state index contributed by atoms with van der Waals surface area (Å²) in [6.07, 6.45) is -1.60. The number of carbonyl (C=O) groups excluding carboxylic acids is 2. The Hall–Kier alpha value is -5.99. The van der Waals surface area contributed by atoms with E-state index in [0.717, 1.165) is 22.3 Å². The van der Waals surface area contributed by atoms with Crippen LogP contribution in [0.2, 0.25) is 5.02 Å². The number of halogens is 1. The molecule has 0 amide bonds. The predicted molar refractivity (Wildman–Crippen MR) is 207 cm³/mol. The summed E-state index contributed by atoms with van der Waals surface area (Å²) < 4.78 is 35.8. The van der Waals surface area contributed by atoms with E-state index in [1.807, 2.05) is 109 Å². The number of benzene rings is 5. The Morgan fingerprint density at radius 1 is 0.528 bits per heavy atom. The second-order valence-corrected chi connectivity index (χ2v) is 12.6. The van der Waals surface area contributed by atoms with Gasteiger partial charge in [-0.2, -0.15) is 0 Å². The van der Waals surface area contributed by atoms with Crippen molar-refractivity contribution < 1.29 is 38.0 Å². The van der Waals surface area contributed by atoms with Crippen molar-refractivity contribution in [2.45, 2.75) is 26.1 Å². The molecule has 272 valence electrons. The molecule has 0 N–H and O–H groups in total. The maximum atomic E-state index is 12.6. The Balaban J connectivity index is 1.25. The molecule has 9 heteroatoms. The molecule has 2 atom stereocenters. The van der Waals surface area contributed by atoms with E-state index in [1.165, 1.54) is 0 Å². The van der Waals surface area contributed by atoms with E-state index in [-0.39, 0.29) is 43.3 Å². The zero-order valence-corrected chi connectivity index (χ0v) is 30.4. The largest absolute Gasteiger partial charge is 0.489 e. The third-order valence-corrected chi connectivity index (χ3v) is 8.11. The summed E-state index contributed by atoms with van der Waals surface area (Å²) in [4.78, 5) is 25.1. The third-order valence-electron chi connectivity index (χ3n) is 7.80. The van der Waals surface area contributed by atoms with Crippen molar-refractivity contribution in [3.63, 3.8) is 0 Å². The number of hydrogen-bond donors (Lipinski definition) is 0. The molecule has 0 fully saturated rings. The molecule has 0 saturated carbocycles. The standard InChI is InChI=1S/C44H41ClO8/c1-30(2)43(46)52-35(27-49-40-21-13-11-19-37(40)32-15-7-5-8-16-32)26-48-34-23-24-39(45)42(25-34)51-29-36(53-44(47)31(3)4)28-50-41-22-14-12-20-38(41)33-17-9-6-10-18-33/h5-25,35-36H,1,3,26-29H2,2,4H3. The first-order valence-electron chi connectivity index (χ1n) is 17.0. The first-order chi connectivity index (χ1) is 25.7. The lowest BCUT2D eigenvalue weighted by molar-refractivity contribution is -0.148.